The van der Waals surface area contributed by atoms with Gasteiger partial charge in [0.1, 0.15) is 0 Å². The van der Waals surface area contributed by atoms with Crippen LogP contribution in [0.15, 0.2) is 0 Å². The highest BCUT2D eigenvalue weighted by Crippen LogP contribution is 2.45. The minimum atomic E-state index is 0.588. The van der Waals surface area contributed by atoms with Crippen LogP contribution in [0.4, 0.5) is 0 Å². The van der Waals surface area contributed by atoms with E-state index < -0.39 is 0 Å². The molecule has 0 heterocycles. The van der Waals surface area contributed by atoms with Gasteiger partial charge in [-0.05, 0) is 36.0 Å². The van der Waals surface area contributed by atoms with Gasteiger partial charge < -0.3 is 0 Å². The second kappa shape index (κ2) is 8.16. The SMILES string of the molecule is CCCCC(CCCC(C)C)(C(C)C)C(C)C. The van der Waals surface area contributed by atoms with E-state index in [2.05, 4.69) is 48.5 Å². The molecule has 0 aromatic rings. The Bertz CT molecular complexity index is 168. The van der Waals surface area contributed by atoms with Gasteiger partial charge in [0, 0.05) is 0 Å². The second-order valence-electron chi connectivity index (χ2n) is 6.93. The third-order valence-corrected chi connectivity index (χ3v) is 4.72. The maximum absolute atomic E-state index is 2.44. The minimum Gasteiger partial charge on any atom is -0.0654 e. The topological polar surface area (TPSA) is 0 Å². The first-order chi connectivity index (χ1) is 7.86. The van der Waals surface area contributed by atoms with Crippen LogP contribution in [0.1, 0.15) is 87.0 Å². The van der Waals surface area contributed by atoms with E-state index in [1.54, 1.807) is 0 Å². The molecule has 0 aromatic heterocycles. The zero-order valence-corrected chi connectivity index (χ0v) is 13.5. The van der Waals surface area contributed by atoms with E-state index >= 15 is 0 Å². The van der Waals surface area contributed by atoms with Crippen molar-refractivity contribution < 1.29 is 0 Å². The molecule has 0 amide bonds. The summed E-state index contributed by atoms with van der Waals surface area (Å²) in [5.41, 5.74) is 0.588. The molecule has 0 unspecified atom stereocenters. The first-order valence-electron chi connectivity index (χ1n) is 7.86. The van der Waals surface area contributed by atoms with E-state index in [9.17, 15) is 0 Å². The third-order valence-electron chi connectivity index (χ3n) is 4.72. The highest BCUT2D eigenvalue weighted by molar-refractivity contribution is 4.85. The van der Waals surface area contributed by atoms with Gasteiger partial charge >= 0.3 is 0 Å². The number of rotatable bonds is 9. The Balaban J connectivity index is 4.55. The molecule has 104 valence electrons. The van der Waals surface area contributed by atoms with Crippen molar-refractivity contribution in [2.75, 3.05) is 0 Å². The average Bonchev–Trinajstić information content (AvgIpc) is 2.21. The summed E-state index contributed by atoms with van der Waals surface area (Å²) in [5.74, 6) is 2.50. The van der Waals surface area contributed by atoms with Crippen molar-refractivity contribution in [1.82, 2.24) is 0 Å². The zero-order chi connectivity index (χ0) is 13.5. The molecule has 0 nitrogen and oxygen atoms in total. The van der Waals surface area contributed by atoms with Crippen molar-refractivity contribution in [1.29, 1.82) is 0 Å². The van der Waals surface area contributed by atoms with Crippen molar-refractivity contribution >= 4 is 0 Å². The maximum atomic E-state index is 2.44. The molecule has 17 heavy (non-hydrogen) atoms. The largest absolute Gasteiger partial charge is 0.0654 e. The Morgan fingerprint density at radius 2 is 1.24 bits per heavy atom. The average molecular weight is 240 g/mol. The Kier molecular flexibility index (Phi) is 8.16. The van der Waals surface area contributed by atoms with Gasteiger partial charge in [-0.15, -0.1) is 0 Å². The van der Waals surface area contributed by atoms with Crippen molar-refractivity contribution in [3.8, 4) is 0 Å². The van der Waals surface area contributed by atoms with Crippen LogP contribution in [-0.4, -0.2) is 0 Å². The highest BCUT2D eigenvalue weighted by atomic mass is 14.4. The molecule has 0 rings (SSSR count). The monoisotopic (exact) mass is 240 g/mol. The van der Waals surface area contributed by atoms with Crippen molar-refractivity contribution in [3.05, 3.63) is 0 Å². The summed E-state index contributed by atoms with van der Waals surface area (Å²) < 4.78 is 0. The van der Waals surface area contributed by atoms with Crippen molar-refractivity contribution in [2.24, 2.45) is 23.2 Å². The first kappa shape index (κ1) is 17.0. The first-order valence-corrected chi connectivity index (χ1v) is 7.86. The summed E-state index contributed by atoms with van der Waals surface area (Å²) in [6, 6.07) is 0. The summed E-state index contributed by atoms with van der Waals surface area (Å²) in [5, 5.41) is 0. The van der Waals surface area contributed by atoms with E-state index in [1.807, 2.05) is 0 Å². The molecule has 0 saturated carbocycles. The van der Waals surface area contributed by atoms with E-state index in [0.29, 0.717) is 5.41 Å². The van der Waals surface area contributed by atoms with Gasteiger partial charge in [0.2, 0.25) is 0 Å². The van der Waals surface area contributed by atoms with Gasteiger partial charge in [0.15, 0.2) is 0 Å². The molecule has 0 aliphatic rings. The summed E-state index contributed by atoms with van der Waals surface area (Å²) >= 11 is 0. The Hall–Kier alpha value is 0. The van der Waals surface area contributed by atoms with Crippen molar-refractivity contribution in [3.63, 3.8) is 0 Å². The fourth-order valence-corrected chi connectivity index (χ4v) is 3.29. The Morgan fingerprint density at radius 1 is 0.765 bits per heavy atom. The molecule has 0 saturated heterocycles. The molecule has 0 bridgehead atoms. The van der Waals surface area contributed by atoms with Gasteiger partial charge in [-0.3, -0.25) is 0 Å². The quantitative estimate of drug-likeness (QED) is 0.443. The lowest BCUT2D eigenvalue weighted by atomic mass is 9.63. The molecule has 0 heteroatoms. The third kappa shape index (κ3) is 5.44. The number of unbranched alkanes of at least 4 members (excludes halogenated alkanes) is 1. The molecule has 0 fully saturated rings. The van der Waals surface area contributed by atoms with Gasteiger partial charge in [0.25, 0.3) is 0 Å². The van der Waals surface area contributed by atoms with E-state index in [4.69, 9.17) is 0 Å². The zero-order valence-electron chi connectivity index (χ0n) is 13.5. The summed E-state index contributed by atoms with van der Waals surface area (Å²) in [6.07, 6.45) is 8.41. The number of hydrogen-bond acceptors (Lipinski definition) is 0. The predicted molar refractivity (Wildman–Crippen MR) is 80.3 cm³/mol. The minimum absolute atomic E-state index is 0.588. The molecule has 0 aliphatic carbocycles. The highest BCUT2D eigenvalue weighted by Gasteiger charge is 2.35. The van der Waals surface area contributed by atoms with Crippen LogP contribution in [0.2, 0.25) is 0 Å². The van der Waals surface area contributed by atoms with E-state index in [0.717, 1.165) is 17.8 Å². The Morgan fingerprint density at radius 3 is 1.59 bits per heavy atom. The van der Waals surface area contributed by atoms with E-state index in [1.165, 1.54) is 38.5 Å². The van der Waals surface area contributed by atoms with Gasteiger partial charge in [0.05, 0.1) is 0 Å². The normalized spacial score (nSPS) is 13.1. The second-order valence-corrected chi connectivity index (χ2v) is 6.93. The van der Waals surface area contributed by atoms with Crippen LogP contribution in [0, 0.1) is 23.2 Å². The molecular weight excluding hydrogens is 204 g/mol. The van der Waals surface area contributed by atoms with Crippen LogP contribution in [0.25, 0.3) is 0 Å². The lowest BCUT2D eigenvalue weighted by Gasteiger charge is -2.42. The predicted octanol–water partition coefficient (Wildman–Crippen LogP) is 6.30. The molecule has 0 atom stereocenters. The van der Waals surface area contributed by atoms with Crippen molar-refractivity contribution in [2.45, 2.75) is 87.0 Å². The lowest BCUT2D eigenvalue weighted by Crippen LogP contribution is -2.33. The van der Waals surface area contributed by atoms with Crippen LogP contribution < -0.4 is 0 Å². The molecular formula is C17H36. The fourth-order valence-electron chi connectivity index (χ4n) is 3.29. The van der Waals surface area contributed by atoms with Gasteiger partial charge in [-0.25, -0.2) is 0 Å². The van der Waals surface area contributed by atoms with E-state index in [-0.39, 0.29) is 0 Å². The molecule has 0 radical (unpaired) electrons. The van der Waals surface area contributed by atoms with Gasteiger partial charge in [-0.1, -0.05) is 74.1 Å². The molecule has 0 aromatic carbocycles. The number of hydrogen-bond donors (Lipinski definition) is 0. The lowest BCUT2D eigenvalue weighted by molar-refractivity contribution is 0.0772. The van der Waals surface area contributed by atoms with Crippen LogP contribution in [0.5, 0.6) is 0 Å². The molecule has 0 aliphatic heterocycles. The van der Waals surface area contributed by atoms with Crippen LogP contribution in [-0.2, 0) is 0 Å². The molecule has 0 spiro atoms. The maximum Gasteiger partial charge on any atom is -0.0251 e. The smallest absolute Gasteiger partial charge is 0.0251 e. The summed E-state index contributed by atoms with van der Waals surface area (Å²) in [7, 11) is 0. The Labute approximate surface area is 111 Å². The standard InChI is InChI=1S/C17H36/c1-8-9-12-17(15(4)5,16(6)7)13-10-11-14(2)3/h14-16H,8-13H2,1-7H3. The van der Waals surface area contributed by atoms with Gasteiger partial charge in [-0.2, -0.15) is 0 Å². The summed E-state index contributed by atoms with van der Waals surface area (Å²) in [6.45, 7) is 16.8. The fraction of sp³-hybridized carbons (Fsp3) is 1.00. The van der Waals surface area contributed by atoms with Crippen LogP contribution in [0.3, 0.4) is 0 Å². The van der Waals surface area contributed by atoms with Crippen LogP contribution >= 0.6 is 0 Å². The summed E-state index contributed by atoms with van der Waals surface area (Å²) in [4.78, 5) is 0. The molecule has 0 N–H and O–H groups in total.